The maximum Gasteiger partial charge on any atom is 0.359 e. The number of likely N-dealkylation sites (N-methyl/N-ethyl adjacent to an activating group) is 1. The quantitative estimate of drug-likeness (QED) is 0.164. The summed E-state index contributed by atoms with van der Waals surface area (Å²) in [6, 6.07) is 0. The highest BCUT2D eigenvalue weighted by Crippen LogP contribution is 2.13. The lowest BCUT2D eigenvalue weighted by molar-refractivity contribution is -0.883. The molecule has 0 aliphatic rings. The zero-order valence-corrected chi connectivity index (χ0v) is 20.8. The number of amides is 1. The second-order valence-corrected chi connectivity index (χ2v) is 9.61. The number of carboxylic acids is 1. The van der Waals surface area contributed by atoms with Gasteiger partial charge >= 0.3 is 5.97 Å². The number of hydrogen-bond donors (Lipinski definition) is 2. The van der Waals surface area contributed by atoms with E-state index in [1.54, 1.807) is 0 Å². The van der Waals surface area contributed by atoms with Crippen LogP contribution in [-0.2, 0) is 9.59 Å². The van der Waals surface area contributed by atoms with Crippen molar-refractivity contribution in [2.45, 2.75) is 116 Å². The number of carbonyl (C=O) groups excluding carboxylic acids is 1. The molecule has 0 unspecified atom stereocenters. The largest absolute Gasteiger partial charge is 0.870 e. The van der Waals surface area contributed by atoms with E-state index in [4.69, 9.17) is 5.11 Å². The van der Waals surface area contributed by atoms with E-state index in [-0.39, 0.29) is 17.9 Å². The number of carboxylic acid groups (broad SMARTS) is 1. The first kappa shape index (κ1) is 32.0. The molecule has 0 spiro atoms. The fraction of sp³-hybridized carbons (Fsp3) is 0.920. The molecule has 0 aromatic rings. The van der Waals surface area contributed by atoms with E-state index in [1.165, 1.54) is 83.5 Å². The van der Waals surface area contributed by atoms with Crippen molar-refractivity contribution in [2.75, 3.05) is 33.7 Å². The summed E-state index contributed by atoms with van der Waals surface area (Å²) in [4.78, 5) is 22.7. The van der Waals surface area contributed by atoms with Gasteiger partial charge in [-0.1, -0.05) is 96.8 Å². The molecule has 0 aliphatic carbocycles. The number of unbranched alkanes of at least 4 members (excludes halogenated alkanes) is 14. The highest BCUT2D eigenvalue weighted by Gasteiger charge is 2.18. The van der Waals surface area contributed by atoms with Gasteiger partial charge in [0.1, 0.15) is 0 Å². The molecule has 6 heteroatoms. The lowest BCUT2D eigenvalue weighted by Crippen LogP contribution is -2.45. The van der Waals surface area contributed by atoms with Crippen LogP contribution in [0.3, 0.4) is 0 Å². The van der Waals surface area contributed by atoms with E-state index < -0.39 is 5.97 Å². The average Bonchev–Trinajstić information content (AvgIpc) is 2.67. The smallest absolute Gasteiger partial charge is 0.359 e. The first-order chi connectivity index (χ1) is 14.4. The van der Waals surface area contributed by atoms with Crippen LogP contribution in [0.25, 0.3) is 0 Å². The van der Waals surface area contributed by atoms with Crippen molar-refractivity contribution >= 4 is 11.9 Å². The fourth-order valence-electron chi connectivity index (χ4n) is 3.93. The summed E-state index contributed by atoms with van der Waals surface area (Å²) in [6.45, 7) is 3.78. The highest BCUT2D eigenvalue weighted by atomic mass is 16.4. The minimum atomic E-state index is -0.780. The van der Waals surface area contributed by atoms with Gasteiger partial charge in [-0.15, -0.1) is 0 Å². The van der Waals surface area contributed by atoms with Crippen LogP contribution in [0.1, 0.15) is 116 Å². The molecule has 0 aliphatic heterocycles. The molecular formula is C25H52N2O4. The number of quaternary nitrogens is 1. The third-order valence-corrected chi connectivity index (χ3v) is 5.83. The standard InChI is InChI=1S/C25H50N2O3.H2O/c1-4-5-6-7-8-9-10-11-12-13-14-15-16-17-18-20-24(28)26-21-19-22-27(2,3)23-25(29)30;/h4-23H2,1-3H3,(H-,26,28,29,30);1H2. The second-order valence-electron chi connectivity index (χ2n) is 9.61. The summed E-state index contributed by atoms with van der Waals surface area (Å²) in [6.07, 6.45) is 21.4. The molecule has 31 heavy (non-hydrogen) atoms. The van der Waals surface area contributed by atoms with Gasteiger partial charge in [0.25, 0.3) is 0 Å². The Hall–Kier alpha value is -1.14. The maximum absolute atomic E-state index is 11.9. The van der Waals surface area contributed by atoms with Crippen molar-refractivity contribution in [3.8, 4) is 0 Å². The molecule has 0 aromatic carbocycles. The summed E-state index contributed by atoms with van der Waals surface area (Å²) in [5.41, 5.74) is 0. The molecule has 0 atom stereocenters. The molecule has 0 saturated carbocycles. The first-order valence-electron chi connectivity index (χ1n) is 12.7. The molecule has 0 radical (unpaired) electrons. The summed E-state index contributed by atoms with van der Waals surface area (Å²) in [5.74, 6) is -0.648. The first-order valence-corrected chi connectivity index (χ1v) is 12.7. The molecular weight excluding hydrogens is 392 g/mol. The van der Waals surface area contributed by atoms with Crippen molar-refractivity contribution < 1.29 is 24.7 Å². The van der Waals surface area contributed by atoms with Crippen molar-refractivity contribution in [1.29, 1.82) is 0 Å². The van der Waals surface area contributed by atoms with Crippen molar-refractivity contribution in [3.63, 3.8) is 0 Å². The summed E-state index contributed by atoms with van der Waals surface area (Å²) in [7, 11) is 3.82. The third-order valence-electron chi connectivity index (χ3n) is 5.83. The van der Waals surface area contributed by atoms with Crippen LogP contribution in [0.4, 0.5) is 0 Å². The van der Waals surface area contributed by atoms with Crippen LogP contribution in [-0.4, -0.2) is 60.7 Å². The Morgan fingerprint density at radius 1 is 0.710 bits per heavy atom. The molecule has 0 rings (SSSR count). The zero-order chi connectivity index (χ0) is 22.5. The minimum Gasteiger partial charge on any atom is -0.870 e. The van der Waals surface area contributed by atoms with Gasteiger partial charge in [-0.25, -0.2) is 4.79 Å². The van der Waals surface area contributed by atoms with Crippen molar-refractivity contribution in [2.24, 2.45) is 0 Å². The Kier molecular flexibility index (Phi) is 22.8. The van der Waals surface area contributed by atoms with Crippen LogP contribution in [0.2, 0.25) is 0 Å². The van der Waals surface area contributed by atoms with Gasteiger partial charge in [0, 0.05) is 19.4 Å². The van der Waals surface area contributed by atoms with Crippen LogP contribution < -0.4 is 5.32 Å². The predicted molar refractivity (Wildman–Crippen MR) is 129 cm³/mol. The molecule has 6 nitrogen and oxygen atoms in total. The fourth-order valence-corrected chi connectivity index (χ4v) is 3.93. The molecule has 0 aromatic heterocycles. The van der Waals surface area contributed by atoms with Crippen molar-refractivity contribution in [1.82, 2.24) is 5.32 Å². The van der Waals surface area contributed by atoms with Crippen LogP contribution in [0.15, 0.2) is 0 Å². The van der Waals surface area contributed by atoms with Crippen molar-refractivity contribution in [3.05, 3.63) is 0 Å². The number of aliphatic carboxylic acids is 1. The van der Waals surface area contributed by atoms with Gasteiger partial charge in [-0.2, -0.15) is 0 Å². The van der Waals surface area contributed by atoms with Crippen LogP contribution in [0, 0.1) is 0 Å². The Labute approximate surface area is 192 Å². The lowest BCUT2D eigenvalue weighted by Gasteiger charge is -2.27. The molecule has 0 bridgehead atoms. The van der Waals surface area contributed by atoms with Gasteiger partial charge in [-0.3, -0.25) is 4.79 Å². The van der Waals surface area contributed by atoms with Gasteiger partial charge < -0.3 is 20.4 Å². The molecule has 3 N–H and O–H groups in total. The molecule has 0 saturated heterocycles. The lowest BCUT2D eigenvalue weighted by atomic mass is 10.0. The minimum absolute atomic E-state index is 0. The van der Waals surface area contributed by atoms with E-state index in [1.807, 2.05) is 14.1 Å². The monoisotopic (exact) mass is 444 g/mol. The van der Waals surface area contributed by atoms with E-state index >= 15 is 0 Å². The zero-order valence-electron chi connectivity index (χ0n) is 20.8. The summed E-state index contributed by atoms with van der Waals surface area (Å²) >= 11 is 0. The summed E-state index contributed by atoms with van der Waals surface area (Å²) in [5, 5.41) is 11.8. The predicted octanol–water partition coefficient (Wildman–Crippen LogP) is 5.74. The molecule has 186 valence electrons. The van der Waals surface area contributed by atoms with E-state index in [9.17, 15) is 9.59 Å². The second kappa shape index (κ2) is 22.1. The SMILES string of the molecule is CCCCCCCCCCCCCCCCCC(=O)NCCC[N+](C)(C)CC(=O)O.[OH-]. The number of rotatable bonds is 22. The maximum atomic E-state index is 11.9. The number of carbonyl (C=O) groups is 2. The van der Waals surface area contributed by atoms with Crippen LogP contribution in [0.5, 0.6) is 0 Å². The molecule has 0 heterocycles. The number of hydrogen-bond acceptors (Lipinski definition) is 3. The number of nitrogens with zero attached hydrogens (tertiary/aromatic N) is 1. The molecule has 1 amide bonds. The third kappa shape index (κ3) is 25.0. The Balaban J connectivity index is 0. The Morgan fingerprint density at radius 2 is 1.13 bits per heavy atom. The Bertz CT molecular complexity index is 428. The topological polar surface area (TPSA) is 96.4 Å². The van der Waals surface area contributed by atoms with E-state index in [0.29, 0.717) is 17.4 Å². The summed E-state index contributed by atoms with van der Waals surface area (Å²) < 4.78 is 0.449. The number of nitrogens with one attached hydrogen (secondary N) is 1. The van der Waals surface area contributed by atoms with Gasteiger partial charge in [0.05, 0.1) is 20.6 Å². The van der Waals surface area contributed by atoms with Crippen LogP contribution >= 0.6 is 0 Å². The highest BCUT2D eigenvalue weighted by molar-refractivity contribution is 5.75. The van der Waals surface area contributed by atoms with Gasteiger partial charge in [-0.05, 0) is 6.42 Å². The van der Waals surface area contributed by atoms with E-state index in [2.05, 4.69) is 12.2 Å². The molecule has 0 fully saturated rings. The van der Waals surface area contributed by atoms with Gasteiger partial charge in [0.15, 0.2) is 6.54 Å². The Morgan fingerprint density at radius 3 is 1.55 bits per heavy atom. The normalized spacial score (nSPS) is 11.2. The average molecular weight is 445 g/mol. The van der Waals surface area contributed by atoms with E-state index in [0.717, 1.165) is 25.8 Å². The van der Waals surface area contributed by atoms with Gasteiger partial charge in [0.2, 0.25) is 5.91 Å².